The van der Waals surface area contributed by atoms with Gasteiger partial charge in [0.2, 0.25) is 0 Å². The third kappa shape index (κ3) is 5.45. The minimum absolute atomic E-state index is 0. The maximum Gasteiger partial charge on any atom is 0.311 e. The number of nitrogens with zero attached hydrogens (tertiary/aromatic N) is 4. The van der Waals surface area contributed by atoms with E-state index in [9.17, 15) is 4.79 Å². The van der Waals surface area contributed by atoms with Gasteiger partial charge in [-0.3, -0.25) is 19.6 Å². The number of ether oxygens (including phenoxy) is 1. The second kappa shape index (κ2) is 9.05. The molecule has 0 saturated carbocycles. The minimum Gasteiger partial charge on any atom is -0.460 e. The highest BCUT2D eigenvalue weighted by atomic mass is 127. The average molecular weight is 479 g/mol. The van der Waals surface area contributed by atoms with Gasteiger partial charge in [-0.25, -0.2) is 0 Å². The van der Waals surface area contributed by atoms with Crippen molar-refractivity contribution in [1.82, 2.24) is 20.0 Å². The largest absolute Gasteiger partial charge is 0.460 e. The Bertz CT molecular complexity index is 514. The van der Waals surface area contributed by atoms with Crippen LogP contribution in [-0.4, -0.2) is 97.7 Å². The zero-order valence-corrected chi connectivity index (χ0v) is 18.9. The van der Waals surface area contributed by atoms with Gasteiger partial charge in [-0.05, 0) is 27.2 Å². The number of hydrogen-bond acceptors (Lipinski definition) is 5. The summed E-state index contributed by atoms with van der Waals surface area (Å²) in [6.07, 6.45) is 0.832. The van der Waals surface area contributed by atoms with Crippen LogP contribution in [0.15, 0.2) is 4.99 Å². The van der Waals surface area contributed by atoms with Crippen molar-refractivity contribution < 1.29 is 9.53 Å². The number of carbonyl (C=O) groups excluding carboxylic acids is 1. The first-order chi connectivity index (χ1) is 11.9. The fourth-order valence-corrected chi connectivity index (χ4v) is 3.99. The Morgan fingerprint density at radius 3 is 2.38 bits per heavy atom. The first-order valence-corrected chi connectivity index (χ1v) is 9.50. The maximum absolute atomic E-state index is 12.3. The molecular weight excluding hydrogens is 445 g/mol. The van der Waals surface area contributed by atoms with Crippen LogP contribution in [0.4, 0.5) is 0 Å². The van der Waals surface area contributed by atoms with Crippen LogP contribution in [-0.2, 0) is 9.53 Å². The van der Waals surface area contributed by atoms with Crippen LogP contribution in [0, 0.1) is 5.92 Å². The molecule has 4 aliphatic rings. The molecule has 150 valence electrons. The Kier molecular flexibility index (Phi) is 7.55. The van der Waals surface area contributed by atoms with E-state index in [0.29, 0.717) is 12.6 Å². The van der Waals surface area contributed by atoms with E-state index in [1.807, 2.05) is 27.8 Å². The summed E-state index contributed by atoms with van der Waals surface area (Å²) in [6.45, 7) is 14.1. The van der Waals surface area contributed by atoms with Crippen LogP contribution >= 0.6 is 24.0 Å². The van der Waals surface area contributed by atoms with E-state index in [2.05, 4.69) is 25.0 Å². The van der Waals surface area contributed by atoms with Gasteiger partial charge in [0.1, 0.15) is 5.60 Å². The van der Waals surface area contributed by atoms with Gasteiger partial charge in [0, 0.05) is 65.4 Å². The van der Waals surface area contributed by atoms with Crippen LogP contribution in [0.25, 0.3) is 0 Å². The highest BCUT2D eigenvalue weighted by Crippen LogP contribution is 2.21. The lowest BCUT2D eigenvalue weighted by atomic mass is 10.1. The number of fused-ring (bicyclic) bond motifs is 3. The van der Waals surface area contributed by atoms with Crippen LogP contribution < -0.4 is 5.32 Å². The van der Waals surface area contributed by atoms with E-state index < -0.39 is 5.60 Å². The summed E-state index contributed by atoms with van der Waals surface area (Å²) in [7, 11) is 1.82. The molecule has 4 heterocycles. The molecule has 0 radical (unpaired) electrons. The molecule has 26 heavy (non-hydrogen) atoms. The summed E-state index contributed by atoms with van der Waals surface area (Å²) in [6, 6.07) is 0.559. The van der Waals surface area contributed by atoms with Crippen molar-refractivity contribution in [2.75, 3.05) is 59.4 Å². The molecule has 4 aliphatic heterocycles. The summed E-state index contributed by atoms with van der Waals surface area (Å²) in [5, 5.41) is 3.53. The lowest BCUT2D eigenvalue weighted by molar-refractivity contribution is -0.159. The first-order valence-electron chi connectivity index (χ1n) is 9.50. The predicted molar refractivity (Wildman–Crippen MR) is 114 cm³/mol. The third-order valence-electron chi connectivity index (χ3n) is 5.33. The first kappa shape index (κ1) is 21.7. The van der Waals surface area contributed by atoms with Crippen molar-refractivity contribution in [3.63, 3.8) is 0 Å². The molecule has 2 atom stereocenters. The molecule has 8 heteroatoms. The SMILES string of the molecule is CN=C(NCC1CN2CCN1CC2)N1CCC(C(=O)OC(C)(C)C)C1.I. The van der Waals surface area contributed by atoms with Gasteiger partial charge in [0.15, 0.2) is 5.96 Å². The summed E-state index contributed by atoms with van der Waals surface area (Å²) >= 11 is 0. The molecule has 0 aliphatic carbocycles. The minimum atomic E-state index is -0.422. The quantitative estimate of drug-likeness (QED) is 0.280. The number of guanidine groups is 1. The second-order valence-corrected chi connectivity index (χ2v) is 8.38. The summed E-state index contributed by atoms with van der Waals surface area (Å²) in [4.78, 5) is 24.0. The molecule has 0 spiro atoms. The number of halogens is 1. The predicted octanol–water partition coefficient (Wildman–Crippen LogP) is 0.843. The van der Waals surface area contributed by atoms with E-state index in [1.54, 1.807) is 0 Å². The number of carbonyl (C=O) groups is 1. The van der Waals surface area contributed by atoms with Crippen LogP contribution in [0.5, 0.6) is 0 Å². The van der Waals surface area contributed by atoms with Gasteiger partial charge in [-0.1, -0.05) is 0 Å². The fraction of sp³-hybridized carbons (Fsp3) is 0.889. The smallest absolute Gasteiger partial charge is 0.311 e. The number of rotatable bonds is 3. The molecule has 2 unspecified atom stereocenters. The van der Waals surface area contributed by atoms with Gasteiger partial charge in [-0.2, -0.15) is 0 Å². The third-order valence-corrected chi connectivity index (χ3v) is 5.33. The number of hydrogen-bond donors (Lipinski definition) is 1. The molecule has 1 N–H and O–H groups in total. The fourth-order valence-electron chi connectivity index (χ4n) is 3.99. The van der Waals surface area contributed by atoms with E-state index >= 15 is 0 Å². The monoisotopic (exact) mass is 479 g/mol. The van der Waals surface area contributed by atoms with Gasteiger partial charge < -0.3 is 15.0 Å². The van der Waals surface area contributed by atoms with Gasteiger partial charge >= 0.3 is 5.97 Å². The average Bonchev–Trinajstić information content (AvgIpc) is 3.05. The lowest BCUT2D eigenvalue weighted by Gasteiger charge is -2.47. The van der Waals surface area contributed by atoms with E-state index in [0.717, 1.165) is 32.0 Å². The molecule has 2 bridgehead atoms. The molecule has 4 saturated heterocycles. The number of aliphatic imine (C=N–C) groups is 1. The summed E-state index contributed by atoms with van der Waals surface area (Å²) in [5.74, 6) is 0.760. The van der Waals surface area contributed by atoms with Crippen LogP contribution in [0.2, 0.25) is 0 Å². The maximum atomic E-state index is 12.3. The van der Waals surface area contributed by atoms with Gasteiger partial charge in [-0.15, -0.1) is 24.0 Å². The molecular formula is C18H34IN5O2. The van der Waals surface area contributed by atoms with Gasteiger partial charge in [0.05, 0.1) is 5.92 Å². The zero-order valence-electron chi connectivity index (χ0n) is 16.5. The van der Waals surface area contributed by atoms with Crippen molar-refractivity contribution >= 4 is 35.9 Å². The Hall–Kier alpha value is -0.610. The Labute approximate surface area is 174 Å². The molecule has 0 aromatic heterocycles. The van der Waals surface area contributed by atoms with E-state index in [-0.39, 0.29) is 35.9 Å². The van der Waals surface area contributed by atoms with E-state index in [1.165, 1.54) is 26.2 Å². The Morgan fingerprint density at radius 2 is 1.85 bits per heavy atom. The Morgan fingerprint density at radius 1 is 1.15 bits per heavy atom. The number of piperazine rings is 3. The number of nitrogens with one attached hydrogen (secondary N) is 1. The molecule has 0 aromatic rings. The van der Waals surface area contributed by atoms with Crippen molar-refractivity contribution in [2.45, 2.75) is 38.8 Å². The van der Waals surface area contributed by atoms with Crippen molar-refractivity contribution in [3.05, 3.63) is 0 Å². The van der Waals surface area contributed by atoms with Crippen molar-refractivity contribution in [2.24, 2.45) is 10.9 Å². The van der Waals surface area contributed by atoms with Crippen molar-refractivity contribution in [1.29, 1.82) is 0 Å². The molecule has 0 amide bonds. The molecule has 4 rings (SSSR count). The second-order valence-electron chi connectivity index (χ2n) is 8.38. The Balaban J connectivity index is 0.00000243. The molecule has 4 fully saturated rings. The zero-order chi connectivity index (χ0) is 18.0. The standard InChI is InChI=1S/C18H33N5O2.HI/c1-18(2,3)25-16(24)14-5-6-23(12-14)17(19-4)20-11-15-13-21-7-9-22(15)10-8-21;/h14-15H,5-13H2,1-4H3,(H,19,20);1H. The summed E-state index contributed by atoms with van der Waals surface area (Å²) < 4.78 is 5.53. The number of esters is 1. The van der Waals surface area contributed by atoms with Crippen LogP contribution in [0.3, 0.4) is 0 Å². The summed E-state index contributed by atoms with van der Waals surface area (Å²) in [5.41, 5.74) is -0.422. The topological polar surface area (TPSA) is 60.4 Å². The number of likely N-dealkylation sites (tertiary alicyclic amines) is 1. The molecule has 0 aromatic carbocycles. The molecule has 7 nitrogen and oxygen atoms in total. The van der Waals surface area contributed by atoms with Crippen molar-refractivity contribution in [3.8, 4) is 0 Å². The van der Waals surface area contributed by atoms with E-state index in [4.69, 9.17) is 4.74 Å². The highest BCUT2D eigenvalue weighted by molar-refractivity contribution is 14.0. The lowest BCUT2D eigenvalue weighted by Crippen LogP contribution is -2.63. The van der Waals surface area contributed by atoms with Crippen LogP contribution in [0.1, 0.15) is 27.2 Å². The highest BCUT2D eigenvalue weighted by Gasteiger charge is 2.35. The van der Waals surface area contributed by atoms with Gasteiger partial charge in [0.25, 0.3) is 0 Å². The normalized spacial score (nSPS) is 31.5.